The molecule has 0 aliphatic rings. The molecule has 0 spiro atoms. The van der Waals surface area contributed by atoms with Gasteiger partial charge in [0.05, 0.1) is 0 Å². The largest absolute Gasteiger partial charge is 0.438 e. The molecular weight excluding hydrogens is 253 g/mol. The predicted octanol–water partition coefficient (Wildman–Crippen LogP) is 3.66. The molecule has 7 heteroatoms. The zero-order valence-corrected chi connectivity index (χ0v) is 9.47. The molecule has 0 amide bonds. The molecule has 0 atom stereocenters. The highest BCUT2D eigenvalue weighted by Crippen LogP contribution is 2.37. The average Bonchev–Trinajstić information content (AvgIpc) is 2.69. The SMILES string of the molecule is Cc1cncnc1Oc1csc(C(F)(F)F)c1. The Kier molecular flexibility index (Phi) is 3.01. The fourth-order valence-corrected chi connectivity index (χ4v) is 1.80. The molecule has 0 fully saturated rings. The van der Waals surface area contributed by atoms with Gasteiger partial charge in [0.2, 0.25) is 5.88 Å². The third-order valence-corrected chi connectivity index (χ3v) is 2.87. The van der Waals surface area contributed by atoms with E-state index in [1.165, 1.54) is 17.9 Å². The Labute approximate surface area is 98.9 Å². The molecule has 2 rings (SSSR count). The highest BCUT2D eigenvalue weighted by molar-refractivity contribution is 7.10. The van der Waals surface area contributed by atoms with Crippen LogP contribution in [0.1, 0.15) is 10.4 Å². The molecule has 90 valence electrons. The van der Waals surface area contributed by atoms with E-state index in [1.807, 2.05) is 0 Å². The van der Waals surface area contributed by atoms with Crippen LogP contribution in [0.25, 0.3) is 0 Å². The van der Waals surface area contributed by atoms with Crippen molar-refractivity contribution in [2.24, 2.45) is 0 Å². The normalized spacial score (nSPS) is 11.5. The van der Waals surface area contributed by atoms with Gasteiger partial charge in [-0.15, -0.1) is 11.3 Å². The second kappa shape index (κ2) is 4.33. The minimum atomic E-state index is -4.34. The first-order valence-corrected chi connectivity index (χ1v) is 5.45. The third kappa shape index (κ3) is 2.73. The number of nitrogens with zero attached hydrogens (tertiary/aromatic N) is 2. The molecule has 0 aromatic carbocycles. The molecule has 0 bridgehead atoms. The molecule has 17 heavy (non-hydrogen) atoms. The summed E-state index contributed by atoms with van der Waals surface area (Å²) in [6.45, 7) is 1.71. The van der Waals surface area contributed by atoms with Crippen LogP contribution in [0.4, 0.5) is 13.2 Å². The van der Waals surface area contributed by atoms with E-state index in [2.05, 4.69) is 9.97 Å². The predicted molar refractivity (Wildman–Crippen MR) is 56.2 cm³/mol. The van der Waals surface area contributed by atoms with Gasteiger partial charge in [0, 0.05) is 23.2 Å². The number of hydrogen-bond acceptors (Lipinski definition) is 4. The monoisotopic (exact) mass is 260 g/mol. The molecule has 0 saturated heterocycles. The number of ether oxygens (including phenoxy) is 1. The molecule has 3 nitrogen and oxygen atoms in total. The van der Waals surface area contributed by atoms with Gasteiger partial charge in [-0.05, 0) is 6.92 Å². The zero-order chi connectivity index (χ0) is 12.5. The van der Waals surface area contributed by atoms with Crippen LogP contribution in [-0.4, -0.2) is 9.97 Å². The van der Waals surface area contributed by atoms with Crippen molar-refractivity contribution in [3.63, 3.8) is 0 Å². The summed E-state index contributed by atoms with van der Waals surface area (Å²) < 4.78 is 42.3. The number of thiophene rings is 1. The molecular formula is C10H7F3N2OS. The molecule has 2 aromatic rings. The summed E-state index contributed by atoms with van der Waals surface area (Å²) in [5.41, 5.74) is 0.659. The highest BCUT2D eigenvalue weighted by Gasteiger charge is 2.32. The first-order chi connectivity index (χ1) is 7.97. The lowest BCUT2D eigenvalue weighted by Gasteiger charge is -2.04. The summed E-state index contributed by atoms with van der Waals surface area (Å²) in [6, 6.07) is 0.951. The third-order valence-electron chi connectivity index (χ3n) is 1.92. The van der Waals surface area contributed by atoms with Crippen LogP contribution in [-0.2, 0) is 6.18 Å². The van der Waals surface area contributed by atoms with E-state index in [4.69, 9.17) is 4.74 Å². The van der Waals surface area contributed by atoms with E-state index in [-0.39, 0.29) is 11.6 Å². The van der Waals surface area contributed by atoms with Gasteiger partial charge in [0.1, 0.15) is 17.0 Å². The van der Waals surface area contributed by atoms with Crippen molar-refractivity contribution in [3.8, 4) is 11.6 Å². The van der Waals surface area contributed by atoms with Crippen LogP contribution in [0.2, 0.25) is 0 Å². The van der Waals surface area contributed by atoms with Crippen molar-refractivity contribution in [3.05, 3.63) is 34.4 Å². The summed E-state index contributed by atoms with van der Waals surface area (Å²) in [7, 11) is 0. The molecule has 0 radical (unpaired) electrons. The minimum Gasteiger partial charge on any atom is -0.438 e. The van der Waals surface area contributed by atoms with Crippen LogP contribution < -0.4 is 4.74 Å². The van der Waals surface area contributed by atoms with Gasteiger partial charge in [0.15, 0.2) is 0 Å². The standard InChI is InChI=1S/C10H7F3N2OS/c1-6-3-14-5-15-9(6)16-7-2-8(17-4-7)10(11,12)13/h2-5H,1H3. The minimum absolute atomic E-state index is 0.129. The van der Waals surface area contributed by atoms with Crippen molar-refractivity contribution in [1.82, 2.24) is 9.97 Å². The van der Waals surface area contributed by atoms with Crippen molar-refractivity contribution in [2.45, 2.75) is 13.1 Å². The first kappa shape index (κ1) is 11.8. The first-order valence-electron chi connectivity index (χ1n) is 4.57. The Morgan fingerprint density at radius 1 is 1.35 bits per heavy atom. The summed E-state index contributed by atoms with van der Waals surface area (Å²) in [4.78, 5) is 6.90. The topological polar surface area (TPSA) is 35.0 Å². The summed E-state index contributed by atoms with van der Waals surface area (Å²) in [6.07, 6.45) is -1.54. The maximum Gasteiger partial charge on any atom is 0.425 e. The van der Waals surface area contributed by atoms with Crippen molar-refractivity contribution >= 4 is 11.3 Å². The Balaban J connectivity index is 2.21. The van der Waals surface area contributed by atoms with Crippen LogP contribution in [0.3, 0.4) is 0 Å². The van der Waals surface area contributed by atoms with Gasteiger partial charge < -0.3 is 4.74 Å². The van der Waals surface area contributed by atoms with Gasteiger partial charge in [0.25, 0.3) is 0 Å². The van der Waals surface area contributed by atoms with Crippen molar-refractivity contribution in [2.75, 3.05) is 0 Å². The van der Waals surface area contributed by atoms with E-state index >= 15 is 0 Å². The zero-order valence-electron chi connectivity index (χ0n) is 8.65. The number of rotatable bonds is 2. The Morgan fingerprint density at radius 2 is 2.12 bits per heavy atom. The van der Waals surface area contributed by atoms with Crippen molar-refractivity contribution < 1.29 is 17.9 Å². The lowest BCUT2D eigenvalue weighted by atomic mass is 10.4. The number of alkyl halides is 3. The average molecular weight is 260 g/mol. The summed E-state index contributed by atoms with van der Waals surface area (Å²) in [5.74, 6) is 0.385. The number of aryl methyl sites for hydroxylation is 1. The number of halogens is 3. The van der Waals surface area contributed by atoms with Gasteiger partial charge in [-0.2, -0.15) is 13.2 Å². The molecule has 2 heterocycles. The van der Waals surface area contributed by atoms with Crippen LogP contribution in [0.5, 0.6) is 11.6 Å². The molecule has 0 saturated carbocycles. The van der Waals surface area contributed by atoms with Gasteiger partial charge in [-0.25, -0.2) is 9.97 Å². The molecule has 0 unspecified atom stereocenters. The summed E-state index contributed by atoms with van der Waals surface area (Å²) in [5, 5.41) is 1.30. The molecule has 2 aromatic heterocycles. The van der Waals surface area contributed by atoms with Gasteiger partial charge in [-0.3, -0.25) is 0 Å². The van der Waals surface area contributed by atoms with E-state index in [1.54, 1.807) is 6.92 Å². The van der Waals surface area contributed by atoms with Crippen molar-refractivity contribution in [1.29, 1.82) is 0 Å². The second-order valence-corrected chi connectivity index (χ2v) is 4.17. The Bertz CT molecular complexity index is 524. The fraction of sp³-hybridized carbons (Fsp3) is 0.200. The maximum atomic E-state index is 12.3. The van der Waals surface area contributed by atoms with Crippen LogP contribution >= 0.6 is 11.3 Å². The number of hydrogen-bond donors (Lipinski definition) is 0. The molecule has 0 aliphatic heterocycles. The van der Waals surface area contributed by atoms with E-state index in [9.17, 15) is 13.2 Å². The highest BCUT2D eigenvalue weighted by atomic mass is 32.1. The lowest BCUT2D eigenvalue weighted by molar-refractivity contribution is -0.134. The van der Waals surface area contributed by atoms with Gasteiger partial charge in [-0.1, -0.05) is 0 Å². The number of aromatic nitrogens is 2. The molecule has 0 N–H and O–H groups in total. The molecule has 0 aliphatic carbocycles. The Morgan fingerprint density at radius 3 is 2.71 bits per heavy atom. The summed E-state index contributed by atoms with van der Waals surface area (Å²) >= 11 is 0.588. The second-order valence-electron chi connectivity index (χ2n) is 3.26. The van der Waals surface area contributed by atoms with E-state index in [0.29, 0.717) is 16.9 Å². The van der Waals surface area contributed by atoms with E-state index < -0.39 is 11.1 Å². The van der Waals surface area contributed by atoms with Gasteiger partial charge >= 0.3 is 6.18 Å². The quantitative estimate of drug-likeness (QED) is 0.826. The lowest BCUT2D eigenvalue weighted by Crippen LogP contribution is -2.00. The van der Waals surface area contributed by atoms with Crippen LogP contribution in [0, 0.1) is 6.92 Å². The van der Waals surface area contributed by atoms with E-state index in [0.717, 1.165) is 6.07 Å². The Hall–Kier alpha value is -1.63. The smallest absolute Gasteiger partial charge is 0.425 e. The maximum absolute atomic E-state index is 12.3. The fourth-order valence-electron chi connectivity index (χ4n) is 1.13. The van der Waals surface area contributed by atoms with Crippen LogP contribution in [0.15, 0.2) is 24.0 Å².